The minimum absolute atomic E-state index is 0.0845. The van der Waals surface area contributed by atoms with Crippen molar-refractivity contribution in [2.45, 2.75) is 77.7 Å². The predicted octanol–water partition coefficient (Wildman–Crippen LogP) is 4.26. The highest BCUT2D eigenvalue weighted by Gasteiger charge is 2.25. The lowest BCUT2D eigenvalue weighted by atomic mass is 10.1. The fraction of sp³-hybridized carbons (Fsp3) is 0.619. The van der Waals surface area contributed by atoms with Gasteiger partial charge in [0, 0.05) is 12.8 Å². The zero-order valence-electron chi connectivity index (χ0n) is 16.4. The third-order valence-electron chi connectivity index (χ3n) is 4.22. The van der Waals surface area contributed by atoms with Gasteiger partial charge in [0.25, 0.3) is 0 Å². The molecule has 0 aliphatic heterocycles. The lowest BCUT2D eigenvalue weighted by molar-refractivity contribution is -0.168. The smallest absolute Gasteiger partial charge is 0.347 e. The number of rotatable bonds is 13. The van der Waals surface area contributed by atoms with E-state index in [1.165, 1.54) is 12.1 Å². The SMILES string of the molecule is CCCCCCOC(=O)[C@@H](Cc1ccc(O)c(O)c1)OC(=O)CCCCC. The second-order valence-electron chi connectivity index (χ2n) is 6.69. The van der Waals surface area contributed by atoms with Crippen molar-refractivity contribution in [2.75, 3.05) is 6.61 Å². The van der Waals surface area contributed by atoms with Gasteiger partial charge in [0.05, 0.1) is 6.61 Å². The normalized spacial score (nSPS) is 11.8. The van der Waals surface area contributed by atoms with Crippen molar-refractivity contribution in [2.24, 2.45) is 0 Å². The number of ether oxygens (including phenoxy) is 2. The molecule has 6 heteroatoms. The van der Waals surface area contributed by atoms with E-state index in [9.17, 15) is 19.8 Å². The quantitative estimate of drug-likeness (QED) is 0.302. The fourth-order valence-electron chi connectivity index (χ4n) is 2.61. The van der Waals surface area contributed by atoms with Crippen molar-refractivity contribution in [3.05, 3.63) is 23.8 Å². The number of esters is 2. The van der Waals surface area contributed by atoms with Gasteiger partial charge in [-0.1, -0.05) is 52.0 Å². The maximum atomic E-state index is 12.4. The summed E-state index contributed by atoms with van der Waals surface area (Å²) in [5, 5.41) is 19.0. The number of carbonyl (C=O) groups is 2. The monoisotopic (exact) mass is 380 g/mol. The van der Waals surface area contributed by atoms with E-state index in [1.807, 2.05) is 6.92 Å². The Bertz CT molecular complexity index is 584. The van der Waals surface area contributed by atoms with Gasteiger partial charge in [0.1, 0.15) is 0 Å². The van der Waals surface area contributed by atoms with Crippen LogP contribution in [0.3, 0.4) is 0 Å². The molecule has 0 fully saturated rings. The molecule has 0 bridgehead atoms. The van der Waals surface area contributed by atoms with E-state index in [1.54, 1.807) is 6.07 Å². The number of phenolic OH excluding ortho intramolecular Hbond substituents is 2. The lowest BCUT2D eigenvalue weighted by Crippen LogP contribution is -2.31. The molecule has 0 aromatic heterocycles. The Morgan fingerprint density at radius 1 is 0.963 bits per heavy atom. The van der Waals surface area contributed by atoms with Crippen LogP contribution in [-0.4, -0.2) is 34.9 Å². The first-order chi connectivity index (χ1) is 13.0. The maximum absolute atomic E-state index is 12.4. The van der Waals surface area contributed by atoms with Gasteiger partial charge in [-0.15, -0.1) is 0 Å². The Balaban J connectivity index is 2.67. The number of aromatic hydroxyl groups is 2. The molecule has 0 amide bonds. The molecule has 0 aliphatic carbocycles. The van der Waals surface area contributed by atoms with E-state index < -0.39 is 18.0 Å². The van der Waals surface area contributed by atoms with Crippen LogP contribution in [0.15, 0.2) is 18.2 Å². The Kier molecular flexibility index (Phi) is 11.0. The topological polar surface area (TPSA) is 93.1 Å². The van der Waals surface area contributed by atoms with Gasteiger partial charge in [-0.25, -0.2) is 4.79 Å². The molecule has 0 saturated carbocycles. The molecular formula is C21H32O6. The molecule has 0 spiro atoms. The first-order valence-electron chi connectivity index (χ1n) is 9.84. The molecule has 2 N–H and O–H groups in total. The molecule has 0 unspecified atom stereocenters. The zero-order valence-corrected chi connectivity index (χ0v) is 16.4. The summed E-state index contributed by atoms with van der Waals surface area (Å²) in [6, 6.07) is 4.25. The van der Waals surface area contributed by atoms with Crippen molar-refractivity contribution < 1.29 is 29.3 Å². The summed E-state index contributed by atoms with van der Waals surface area (Å²) < 4.78 is 10.6. The van der Waals surface area contributed by atoms with E-state index in [4.69, 9.17) is 9.47 Å². The third kappa shape index (κ3) is 9.31. The number of hydrogen-bond donors (Lipinski definition) is 2. The van der Waals surface area contributed by atoms with Crippen molar-refractivity contribution >= 4 is 11.9 Å². The number of phenols is 2. The molecular weight excluding hydrogens is 348 g/mol. The van der Waals surface area contributed by atoms with Crippen LogP contribution in [0.25, 0.3) is 0 Å². The van der Waals surface area contributed by atoms with E-state index in [2.05, 4.69) is 6.92 Å². The molecule has 0 aliphatic rings. The van der Waals surface area contributed by atoms with Crippen molar-refractivity contribution in [1.29, 1.82) is 0 Å². The van der Waals surface area contributed by atoms with E-state index in [0.717, 1.165) is 38.5 Å². The Hall–Kier alpha value is -2.24. The second kappa shape index (κ2) is 13.0. The second-order valence-corrected chi connectivity index (χ2v) is 6.69. The van der Waals surface area contributed by atoms with E-state index >= 15 is 0 Å². The molecule has 1 atom stereocenters. The summed E-state index contributed by atoms with van der Waals surface area (Å²) in [4.78, 5) is 24.4. The van der Waals surface area contributed by atoms with Gasteiger partial charge in [-0.2, -0.15) is 0 Å². The number of benzene rings is 1. The minimum Gasteiger partial charge on any atom is -0.504 e. The zero-order chi connectivity index (χ0) is 20.1. The first-order valence-corrected chi connectivity index (χ1v) is 9.84. The summed E-state index contributed by atoms with van der Waals surface area (Å²) in [5.41, 5.74) is 0.569. The van der Waals surface area contributed by atoms with Crippen molar-refractivity contribution in [1.82, 2.24) is 0 Å². The molecule has 0 saturated heterocycles. The van der Waals surface area contributed by atoms with Crippen LogP contribution in [0.4, 0.5) is 0 Å². The minimum atomic E-state index is -1.06. The van der Waals surface area contributed by atoms with Crippen molar-refractivity contribution in [3.63, 3.8) is 0 Å². The van der Waals surface area contributed by atoms with E-state index in [-0.39, 0.29) is 24.3 Å². The standard InChI is InChI=1S/C21H32O6/c1-3-5-7-9-13-26-21(25)19(27-20(24)10-8-6-4-2)15-16-11-12-17(22)18(23)14-16/h11-12,14,19,22-23H,3-10,13,15H2,1-2H3/t19-/m1/s1. The molecule has 27 heavy (non-hydrogen) atoms. The molecule has 0 heterocycles. The van der Waals surface area contributed by atoms with Gasteiger partial charge in [0.2, 0.25) is 6.10 Å². The van der Waals surface area contributed by atoms with E-state index in [0.29, 0.717) is 18.6 Å². The average Bonchev–Trinajstić information content (AvgIpc) is 2.64. The molecule has 1 rings (SSSR count). The number of hydrogen-bond acceptors (Lipinski definition) is 6. The Labute approximate surface area is 161 Å². The maximum Gasteiger partial charge on any atom is 0.347 e. The summed E-state index contributed by atoms with van der Waals surface area (Å²) in [6.07, 6.45) is 5.85. The van der Waals surface area contributed by atoms with Crippen LogP contribution in [0.5, 0.6) is 11.5 Å². The summed E-state index contributed by atoms with van der Waals surface area (Å²) in [5.74, 6) is -1.54. The molecule has 1 aromatic carbocycles. The van der Waals surface area contributed by atoms with Crippen LogP contribution < -0.4 is 0 Å². The number of carbonyl (C=O) groups excluding carboxylic acids is 2. The summed E-state index contributed by atoms with van der Waals surface area (Å²) >= 11 is 0. The van der Waals surface area contributed by atoms with Crippen LogP contribution >= 0.6 is 0 Å². The lowest BCUT2D eigenvalue weighted by Gasteiger charge is -2.17. The highest BCUT2D eigenvalue weighted by Crippen LogP contribution is 2.26. The summed E-state index contributed by atoms with van der Waals surface area (Å²) in [7, 11) is 0. The van der Waals surface area contributed by atoms with Crippen LogP contribution in [0, 0.1) is 0 Å². The average molecular weight is 380 g/mol. The number of unbranched alkanes of at least 4 members (excludes halogenated alkanes) is 5. The molecule has 0 radical (unpaired) electrons. The van der Waals surface area contributed by atoms with Gasteiger partial charge < -0.3 is 19.7 Å². The Morgan fingerprint density at radius 3 is 2.33 bits per heavy atom. The van der Waals surface area contributed by atoms with Gasteiger partial charge >= 0.3 is 11.9 Å². The van der Waals surface area contributed by atoms with Gasteiger partial charge in [0.15, 0.2) is 11.5 Å². The third-order valence-corrected chi connectivity index (χ3v) is 4.22. The summed E-state index contributed by atoms with van der Waals surface area (Å²) in [6.45, 7) is 4.44. The molecule has 6 nitrogen and oxygen atoms in total. The highest BCUT2D eigenvalue weighted by atomic mass is 16.6. The largest absolute Gasteiger partial charge is 0.504 e. The fourth-order valence-corrected chi connectivity index (χ4v) is 2.61. The van der Waals surface area contributed by atoms with Crippen LogP contribution in [-0.2, 0) is 25.5 Å². The molecule has 1 aromatic rings. The first kappa shape index (κ1) is 22.8. The van der Waals surface area contributed by atoms with Crippen LogP contribution in [0.1, 0.15) is 70.8 Å². The molecule has 152 valence electrons. The Morgan fingerprint density at radius 2 is 1.67 bits per heavy atom. The highest BCUT2D eigenvalue weighted by molar-refractivity contribution is 5.79. The predicted molar refractivity (Wildman–Crippen MR) is 103 cm³/mol. The van der Waals surface area contributed by atoms with Crippen molar-refractivity contribution in [3.8, 4) is 11.5 Å². The van der Waals surface area contributed by atoms with Gasteiger partial charge in [-0.3, -0.25) is 4.79 Å². The van der Waals surface area contributed by atoms with Crippen LogP contribution in [0.2, 0.25) is 0 Å². The van der Waals surface area contributed by atoms with Gasteiger partial charge in [-0.05, 0) is 30.5 Å².